The molecule has 0 aliphatic carbocycles. The molecule has 0 fully saturated rings. The highest BCUT2D eigenvalue weighted by molar-refractivity contribution is 7.09. The van der Waals surface area contributed by atoms with Gasteiger partial charge in [0.15, 0.2) is 0 Å². The van der Waals surface area contributed by atoms with Gasteiger partial charge in [-0.2, -0.15) is 4.37 Å². The predicted molar refractivity (Wildman–Crippen MR) is 59.0 cm³/mol. The first-order chi connectivity index (χ1) is 7.26. The summed E-state index contributed by atoms with van der Waals surface area (Å²) < 4.78 is 8.92. The highest BCUT2D eigenvalue weighted by Gasteiger charge is 2.03. The molecule has 6 heteroatoms. The standard InChI is InChI=1S/C9H15N3O2S/c1-3-7-11-9(15-12-7)10-6-5-8(13)14-4-2/h3-6H2,1-2H3,(H,10,11,12). The Bertz CT molecular complexity index is 314. The Balaban J connectivity index is 2.22. The molecule has 1 N–H and O–H groups in total. The van der Waals surface area contributed by atoms with Crippen molar-refractivity contribution >= 4 is 22.6 Å². The molecular weight excluding hydrogens is 214 g/mol. The number of hydrogen-bond acceptors (Lipinski definition) is 6. The van der Waals surface area contributed by atoms with E-state index in [-0.39, 0.29) is 5.97 Å². The first-order valence-electron chi connectivity index (χ1n) is 4.98. The number of nitrogens with one attached hydrogen (secondary N) is 1. The fourth-order valence-electron chi connectivity index (χ4n) is 0.974. The molecule has 84 valence electrons. The molecule has 0 bridgehead atoms. The summed E-state index contributed by atoms with van der Waals surface area (Å²) in [6.07, 6.45) is 1.19. The van der Waals surface area contributed by atoms with Crippen molar-refractivity contribution in [2.24, 2.45) is 0 Å². The Morgan fingerprint density at radius 3 is 2.93 bits per heavy atom. The Labute approximate surface area is 93.0 Å². The van der Waals surface area contributed by atoms with Crippen molar-refractivity contribution in [1.82, 2.24) is 9.36 Å². The van der Waals surface area contributed by atoms with Crippen molar-refractivity contribution in [3.8, 4) is 0 Å². The lowest BCUT2D eigenvalue weighted by Gasteiger charge is -2.01. The summed E-state index contributed by atoms with van der Waals surface area (Å²) in [6.45, 7) is 4.77. The molecule has 0 atom stereocenters. The molecule has 1 aromatic heterocycles. The number of ether oxygens (including phenoxy) is 1. The van der Waals surface area contributed by atoms with Crippen LogP contribution in [0, 0.1) is 0 Å². The minimum Gasteiger partial charge on any atom is -0.466 e. The third-order valence-corrected chi connectivity index (χ3v) is 2.41. The van der Waals surface area contributed by atoms with Gasteiger partial charge in [0.2, 0.25) is 5.13 Å². The molecule has 1 aromatic rings. The summed E-state index contributed by atoms with van der Waals surface area (Å²) in [7, 11) is 0. The maximum Gasteiger partial charge on any atom is 0.307 e. The largest absolute Gasteiger partial charge is 0.466 e. The topological polar surface area (TPSA) is 64.1 Å². The average Bonchev–Trinajstić information content (AvgIpc) is 2.66. The van der Waals surface area contributed by atoms with Crippen LogP contribution in [0.25, 0.3) is 0 Å². The second-order valence-corrected chi connectivity index (χ2v) is 3.60. The zero-order chi connectivity index (χ0) is 11.1. The maximum atomic E-state index is 11.0. The molecule has 0 amide bonds. The number of anilines is 1. The Kier molecular flexibility index (Phi) is 5.03. The van der Waals surface area contributed by atoms with Gasteiger partial charge >= 0.3 is 5.97 Å². The number of hydrogen-bond donors (Lipinski definition) is 1. The van der Waals surface area contributed by atoms with Crippen molar-refractivity contribution in [3.63, 3.8) is 0 Å². The van der Waals surface area contributed by atoms with Gasteiger partial charge in [-0.15, -0.1) is 0 Å². The molecule has 0 spiro atoms. The van der Waals surface area contributed by atoms with E-state index in [0.717, 1.165) is 17.4 Å². The highest BCUT2D eigenvalue weighted by Crippen LogP contribution is 2.10. The number of aryl methyl sites for hydroxylation is 1. The molecular formula is C9H15N3O2S. The van der Waals surface area contributed by atoms with Crippen LogP contribution in [-0.2, 0) is 16.0 Å². The first kappa shape index (κ1) is 11.9. The van der Waals surface area contributed by atoms with Crippen molar-refractivity contribution in [2.75, 3.05) is 18.5 Å². The van der Waals surface area contributed by atoms with Crippen LogP contribution < -0.4 is 5.32 Å². The quantitative estimate of drug-likeness (QED) is 0.748. The second kappa shape index (κ2) is 6.34. The Morgan fingerprint density at radius 2 is 2.33 bits per heavy atom. The zero-order valence-corrected chi connectivity index (χ0v) is 9.76. The smallest absolute Gasteiger partial charge is 0.307 e. The van der Waals surface area contributed by atoms with Crippen LogP contribution in [-0.4, -0.2) is 28.5 Å². The summed E-state index contributed by atoms with van der Waals surface area (Å²) in [6, 6.07) is 0. The molecule has 0 aliphatic heterocycles. The summed E-state index contributed by atoms with van der Waals surface area (Å²) in [5.41, 5.74) is 0. The lowest BCUT2D eigenvalue weighted by Crippen LogP contribution is -2.11. The van der Waals surface area contributed by atoms with E-state index in [2.05, 4.69) is 14.7 Å². The van der Waals surface area contributed by atoms with E-state index in [1.165, 1.54) is 11.5 Å². The number of esters is 1. The first-order valence-corrected chi connectivity index (χ1v) is 5.75. The van der Waals surface area contributed by atoms with Crippen molar-refractivity contribution in [2.45, 2.75) is 26.7 Å². The van der Waals surface area contributed by atoms with Crippen LogP contribution in [0.5, 0.6) is 0 Å². The van der Waals surface area contributed by atoms with Crippen LogP contribution in [0.4, 0.5) is 5.13 Å². The van der Waals surface area contributed by atoms with E-state index in [9.17, 15) is 4.79 Å². The molecule has 0 aromatic carbocycles. The lowest BCUT2D eigenvalue weighted by atomic mass is 10.4. The molecule has 1 heterocycles. The molecule has 1 rings (SSSR count). The van der Waals surface area contributed by atoms with E-state index in [1.807, 2.05) is 6.92 Å². The highest BCUT2D eigenvalue weighted by atomic mass is 32.1. The zero-order valence-electron chi connectivity index (χ0n) is 8.95. The maximum absolute atomic E-state index is 11.0. The van der Waals surface area contributed by atoms with Crippen LogP contribution in [0.1, 0.15) is 26.1 Å². The summed E-state index contributed by atoms with van der Waals surface area (Å²) in [5.74, 6) is 0.642. The lowest BCUT2D eigenvalue weighted by molar-refractivity contribution is -0.142. The third kappa shape index (κ3) is 4.24. The van der Waals surface area contributed by atoms with Crippen molar-refractivity contribution in [1.29, 1.82) is 0 Å². The number of aromatic nitrogens is 2. The fourth-order valence-corrected chi connectivity index (χ4v) is 1.65. The van der Waals surface area contributed by atoms with E-state index in [1.54, 1.807) is 6.92 Å². The molecule has 0 aliphatic rings. The fraction of sp³-hybridized carbons (Fsp3) is 0.667. The SMILES string of the molecule is CCOC(=O)CCNc1nc(CC)ns1. The van der Waals surface area contributed by atoms with Crippen LogP contribution >= 0.6 is 11.5 Å². The minimum atomic E-state index is -0.190. The van der Waals surface area contributed by atoms with Gasteiger partial charge in [-0.3, -0.25) is 4.79 Å². The number of nitrogens with zero attached hydrogens (tertiary/aromatic N) is 2. The third-order valence-electron chi connectivity index (χ3n) is 1.69. The number of rotatable bonds is 6. The van der Waals surface area contributed by atoms with Gasteiger partial charge in [0.25, 0.3) is 0 Å². The van der Waals surface area contributed by atoms with Gasteiger partial charge in [-0.05, 0) is 6.92 Å². The van der Waals surface area contributed by atoms with E-state index in [4.69, 9.17) is 4.74 Å². The Hall–Kier alpha value is -1.17. The summed E-state index contributed by atoms with van der Waals surface area (Å²) in [5, 5.41) is 3.79. The molecule has 0 unspecified atom stereocenters. The molecule has 0 saturated heterocycles. The van der Waals surface area contributed by atoms with E-state index >= 15 is 0 Å². The van der Waals surface area contributed by atoms with E-state index < -0.39 is 0 Å². The summed E-state index contributed by atoms with van der Waals surface area (Å²) in [4.78, 5) is 15.2. The normalized spacial score (nSPS) is 10.0. The molecule has 0 saturated carbocycles. The van der Waals surface area contributed by atoms with Gasteiger partial charge < -0.3 is 10.1 Å². The van der Waals surface area contributed by atoms with Crippen molar-refractivity contribution in [3.05, 3.63) is 5.82 Å². The Morgan fingerprint density at radius 1 is 1.53 bits per heavy atom. The monoisotopic (exact) mass is 229 g/mol. The van der Waals surface area contributed by atoms with Crippen LogP contribution in [0.3, 0.4) is 0 Å². The van der Waals surface area contributed by atoms with Gasteiger partial charge in [-0.25, -0.2) is 4.98 Å². The second-order valence-electron chi connectivity index (χ2n) is 2.85. The average molecular weight is 229 g/mol. The van der Waals surface area contributed by atoms with Crippen molar-refractivity contribution < 1.29 is 9.53 Å². The molecule has 0 radical (unpaired) electrons. The van der Waals surface area contributed by atoms with Gasteiger partial charge in [0.1, 0.15) is 5.82 Å². The molecule has 5 nitrogen and oxygen atoms in total. The predicted octanol–water partition coefficient (Wildman–Crippen LogP) is 1.47. The van der Waals surface area contributed by atoms with Crippen LogP contribution in [0.2, 0.25) is 0 Å². The number of carbonyl (C=O) groups is 1. The van der Waals surface area contributed by atoms with E-state index in [0.29, 0.717) is 19.6 Å². The summed E-state index contributed by atoms with van der Waals surface area (Å²) >= 11 is 1.31. The minimum absolute atomic E-state index is 0.190. The van der Waals surface area contributed by atoms with Crippen LogP contribution in [0.15, 0.2) is 0 Å². The molecule has 15 heavy (non-hydrogen) atoms. The van der Waals surface area contributed by atoms with Gasteiger partial charge in [0.05, 0.1) is 13.0 Å². The van der Waals surface area contributed by atoms with Gasteiger partial charge in [0, 0.05) is 24.5 Å². The number of carbonyl (C=O) groups excluding carboxylic acids is 1. The van der Waals surface area contributed by atoms with Gasteiger partial charge in [-0.1, -0.05) is 6.92 Å².